The third kappa shape index (κ3) is 5.30. The lowest BCUT2D eigenvalue weighted by molar-refractivity contribution is 0.0933. The van der Waals surface area contributed by atoms with Crippen LogP contribution in [-0.2, 0) is 9.84 Å². The topological polar surface area (TPSA) is 57.6 Å². The number of β-amino-alcohol motifs (C(OH)–C–C–N with tert-alkyl or cyclic N) is 1. The number of hydrogen-bond donors (Lipinski definition) is 1. The number of nitrogens with zero attached hydrogens (tertiary/aromatic N) is 1. The van der Waals surface area contributed by atoms with Gasteiger partial charge < -0.3 is 5.11 Å². The van der Waals surface area contributed by atoms with E-state index in [4.69, 9.17) is 0 Å². The molecule has 1 aromatic carbocycles. The summed E-state index contributed by atoms with van der Waals surface area (Å²) in [5.74, 6) is 0. The molecule has 0 bridgehead atoms. The van der Waals surface area contributed by atoms with Crippen molar-refractivity contribution in [2.75, 3.05) is 19.3 Å². The van der Waals surface area contributed by atoms with E-state index >= 15 is 0 Å². The molecule has 1 saturated heterocycles. The minimum atomic E-state index is -3.19. The first-order valence-corrected chi connectivity index (χ1v) is 10.2. The molecule has 23 heavy (non-hydrogen) atoms. The molecule has 2 rings (SSSR count). The highest BCUT2D eigenvalue weighted by molar-refractivity contribution is 7.90. The van der Waals surface area contributed by atoms with Gasteiger partial charge in [0.25, 0.3) is 0 Å². The van der Waals surface area contributed by atoms with Crippen molar-refractivity contribution in [2.45, 2.75) is 57.1 Å². The van der Waals surface area contributed by atoms with Gasteiger partial charge in [-0.15, -0.1) is 0 Å². The van der Waals surface area contributed by atoms with Gasteiger partial charge in [-0.3, -0.25) is 4.90 Å². The van der Waals surface area contributed by atoms with Gasteiger partial charge in [-0.25, -0.2) is 8.42 Å². The van der Waals surface area contributed by atoms with Gasteiger partial charge >= 0.3 is 0 Å². The van der Waals surface area contributed by atoms with E-state index in [9.17, 15) is 13.5 Å². The maximum absolute atomic E-state index is 11.5. The number of benzene rings is 1. The first-order valence-electron chi connectivity index (χ1n) is 8.28. The molecule has 4 nitrogen and oxygen atoms in total. The van der Waals surface area contributed by atoms with Crippen molar-refractivity contribution < 1.29 is 13.5 Å². The fraction of sp³-hybridized carbons (Fsp3) is 0.667. The molecule has 0 spiro atoms. The second-order valence-corrected chi connectivity index (χ2v) is 9.93. The van der Waals surface area contributed by atoms with Crippen LogP contribution in [0.4, 0.5) is 0 Å². The van der Waals surface area contributed by atoms with E-state index in [0.717, 1.165) is 18.5 Å². The molecule has 1 N–H and O–H groups in total. The summed E-state index contributed by atoms with van der Waals surface area (Å²) >= 11 is 0. The van der Waals surface area contributed by atoms with Crippen LogP contribution >= 0.6 is 0 Å². The number of aliphatic hydroxyl groups excluding tert-OH is 1. The Hall–Kier alpha value is -0.910. The molecule has 1 heterocycles. The van der Waals surface area contributed by atoms with E-state index in [2.05, 4.69) is 25.7 Å². The zero-order chi connectivity index (χ0) is 17.3. The van der Waals surface area contributed by atoms with E-state index in [0.29, 0.717) is 17.5 Å². The molecule has 5 heteroatoms. The second-order valence-electron chi connectivity index (χ2n) is 7.91. The molecule has 0 radical (unpaired) electrons. The Labute approximate surface area is 140 Å². The SMILES string of the molecule is CC(C)(C)CC1CCCN1CC(O)c1ccc(S(C)(=O)=O)cc1. The van der Waals surface area contributed by atoms with Gasteiger partial charge in [0, 0.05) is 18.8 Å². The average Bonchev–Trinajstić information content (AvgIpc) is 2.83. The van der Waals surface area contributed by atoms with Crippen LogP contribution < -0.4 is 0 Å². The van der Waals surface area contributed by atoms with Gasteiger partial charge in [-0.1, -0.05) is 32.9 Å². The molecule has 0 aromatic heterocycles. The van der Waals surface area contributed by atoms with Gasteiger partial charge in [0.1, 0.15) is 0 Å². The monoisotopic (exact) mass is 339 g/mol. The lowest BCUT2D eigenvalue weighted by Gasteiger charge is -2.31. The number of sulfone groups is 1. The Morgan fingerprint density at radius 3 is 2.39 bits per heavy atom. The summed E-state index contributed by atoms with van der Waals surface area (Å²) in [4.78, 5) is 2.67. The van der Waals surface area contributed by atoms with Crippen LogP contribution in [0.25, 0.3) is 0 Å². The van der Waals surface area contributed by atoms with Crippen molar-refractivity contribution in [3.63, 3.8) is 0 Å². The number of likely N-dealkylation sites (tertiary alicyclic amines) is 1. The molecular weight excluding hydrogens is 310 g/mol. The standard InChI is InChI=1S/C18H29NO3S/c1-18(2,3)12-15-6-5-11-19(15)13-17(20)14-7-9-16(10-8-14)23(4,21)22/h7-10,15,17,20H,5-6,11-13H2,1-4H3. The van der Waals surface area contributed by atoms with Crippen LogP contribution in [0.5, 0.6) is 0 Å². The molecule has 1 aliphatic rings. The van der Waals surface area contributed by atoms with E-state index in [1.54, 1.807) is 24.3 Å². The van der Waals surface area contributed by atoms with Crippen molar-refractivity contribution >= 4 is 9.84 Å². The van der Waals surface area contributed by atoms with Gasteiger partial charge in [0.05, 0.1) is 11.0 Å². The smallest absolute Gasteiger partial charge is 0.175 e. The Morgan fingerprint density at radius 1 is 1.26 bits per heavy atom. The van der Waals surface area contributed by atoms with Crippen molar-refractivity contribution in [1.29, 1.82) is 0 Å². The van der Waals surface area contributed by atoms with Crippen LogP contribution in [0, 0.1) is 5.41 Å². The van der Waals surface area contributed by atoms with Crippen LogP contribution in [0.1, 0.15) is 51.7 Å². The predicted molar refractivity (Wildman–Crippen MR) is 93.2 cm³/mol. The van der Waals surface area contributed by atoms with Crippen LogP contribution in [0.3, 0.4) is 0 Å². The van der Waals surface area contributed by atoms with Crippen molar-refractivity contribution in [2.24, 2.45) is 5.41 Å². The number of hydrogen-bond acceptors (Lipinski definition) is 4. The van der Waals surface area contributed by atoms with E-state index in [-0.39, 0.29) is 5.41 Å². The predicted octanol–water partition coefficient (Wildman–Crippen LogP) is 3.02. The fourth-order valence-electron chi connectivity index (χ4n) is 3.34. The van der Waals surface area contributed by atoms with E-state index in [1.807, 2.05) is 0 Å². The van der Waals surface area contributed by atoms with Gasteiger partial charge in [0.2, 0.25) is 0 Å². The average molecular weight is 340 g/mol. The quantitative estimate of drug-likeness (QED) is 0.896. The summed E-state index contributed by atoms with van der Waals surface area (Å²) in [6.07, 6.45) is 4.12. The highest BCUT2D eigenvalue weighted by atomic mass is 32.2. The zero-order valence-corrected chi connectivity index (χ0v) is 15.4. The molecule has 2 atom stereocenters. The van der Waals surface area contributed by atoms with Crippen LogP contribution in [0.15, 0.2) is 29.2 Å². The minimum Gasteiger partial charge on any atom is -0.387 e. The molecule has 1 aliphatic heterocycles. The summed E-state index contributed by atoms with van der Waals surface area (Å²) in [6, 6.07) is 7.11. The Balaban J connectivity index is 2.02. The van der Waals surface area contributed by atoms with Gasteiger partial charge in [0.15, 0.2) is 9.84 Å². The Kier molecular flexibility index (Phi) is 5.54. The third-order valence-electron chi connectivity index (χ3n) is 4.45. The summed E-state index contributed by atoms with van der Waals surface area (Å²) in [5, 5.41) is 10.5. The van der Waals surface area contributed by atoms with Crippen molar-refractivity contribution in [1.82, 2.24) is 4.90 Å². The minimum absolute atomic E-state index is 0.287. The number of aliphatic hydroxyl groups is 1. The maximum Gasteiger partial charge on any atom is 0.175 e. The first-order chi connectivity index (χ1) is 10.6. The fourth-order valence-corrected chi connectivity index (χ4v) is 3.97. The highest BCUT2D eigenvalue weighted by Crippen LogP contribution is 2.31. The largest absolute Gasteiger partial charge is 0.387 e. The van der Waals surface area contributed by atoms with Gasteiger partial charge in [-0.2, -0.15) is 0 Å². The maximum atomic E-state index is 11.5. The molecule has 0 saturated carbocycles. The molecule has 2 unspecified atom stereocenters. The summed E-state index contributed by atoms with van der Waals surface area (Å²) in [6.45, 7) is 8.40. The first kappa shape index (κ1) is 18.4. The van der Waals surface area contributed by atoms with E-state index in [1.165, 1.54) is 19.1 Å². The molecule has 0 aliphatic carbocycles. The second kappa shape index (κ2) is 6.91. The summed E-state index contributed by atoms with van der Waals surface area (Å²) in [7, 11) is -3.19. The van der Waals surface area contributed by atoms with Crippen LogP contribution in [-0.4, -0.2) is 43.8 Å². The Bertz CT molecular complexity index is 617. The third-order valence-corrected chi connectivity index (χ3v) is 5.58. The number of rotatable bonds is 5. The lowest BCUT2D eigenvalue weighted by atomic mass is 9.87. The summed E-state index contributed by atoms with van der Waals surface area (Å²) < 4.78 is 23.0. The molecule has 0 amide bonds. The van der Waals surface area contributed by atoms with Gasteiger partial charge in [-0.05, 0) is 48.9 Å². The van der Waals surface area contributed by atoms with E-state index < -0.39 is 15.9 Å². The molecule has 1 aromatic rings. The van der Waals surface area contributed by atoms with Crippen LogP contribution in [0.2, 0.25) is 0 Å². The highest BCUT2D eigenvalue weighted by Gasteiger charge is 2.30. The summed E-state index contributed by atoms with van der Waals surface area (Å²) in [5.41, 5.74) is 1.06. The van der Waals surface area contributed by atoms with Crippen molar-refractivity contribution in [3.8, 4) is 0 Å². The Morgan fingerprint density at radius 2 is 1.87 bits per heavy atom. The molecule has 1 fully saturated rings. The zero-order valence-electron chi connectivity index (χ0n) is 14.6. The normalized spacial score (nSPS) is 21.5. The molecular formula is C18H29NO3S. The molecule has 130 valence electrons. The lowest BCUT2D eigenvalue weighted by Crippen LogP contribution is -2.35. The van der Waals surface area contributed by atoms with Crippen molar-refractivity contribution in [3.05, 3.63) is 29.8 Å².